The lowest BCUT2D eigenvalue weighted by Crippen LogP contribution is -2.55. The highest BCUT2D eigenvalue weighted by atomic mass is 32.1. The van der Waals surface area contributed by atoms with Crippen LogP contribution in [0.5, 0.6) is 0 Å². The highest BCUT2D eigenvalue weighted by molar-refractivity contribution is 7.16. The number of piperazine rings is 1. The molecule has 146 valence electrons. The SMILES string of the molecule is CN1CCN([C@@H]2C[C@@H]3CN(Cc4cccc5ncsc45)C[C@@H]3C[C@H]2O)CC1. The zero-order valence-corrected chi connectivity index (χ0v) is 16.9. The quantitative estimate of drug-likeness (QED) is 0.875. The Labute approximate surface area is 165 Å². The van der Waals surface area contributed by atoms with E-state index < -0.39 is 0 Å². The summed E-state index contributed by atoms with van der Waals surface area (Å²) < 4.78 is 1.34. The van der Waals surface area contributed by atoms with Gasteiger partial charge in [0.15, 0.2) is 0 Å². The van der Waals surface area contributed by atoms with Gasteiger partial charge in [-0.15, -0.1) is 11.3 Å². The Balaban J connectivity index is 1.25. The summed E-state index contributed by atoms with van der Waals surface area (Å²) in [4.78, 5) is 12.0. The molecule has 2 saturated heterocycles. The molecule has 0 amide bonds. The predicted octanol–water partition coefficient (Wildman–Crippen LogP) is 2.11. The monoisotopic (exact) mass is 386 g/mol. The van der Waals surface area contributed by atoms with Crippen LogP contribution in [0.15, 0.2) is 23.7 Å². The Bertz CT molecular complexity index is 787. The van der Waals surface area contributed by atoms with Crippen LogP contribution in [0.2, 0.25) is 0 Å². The van der Waals surface area contributed by atoms with E-state index in [-0.39, 0.29) is 6.10 Å². The fourth-order valence-corrected chi connectivity index (χ4v) is 6.29. The lowest BCUT2D eigenvalue weighted by molar-refractivity contribution is -0.0249. The van der Waals surface area contributed by atoms with E-state index in [1.54, 1.807) is 11.3 Å². The van der Waals surface area contributed by atoms with E-state index in [1.165, 1.54) is 16.8 Å². The van der Waals surface area contributed by atoms with Crippen LogP contribution in [-0.2, 0) is 6.54 Å². The third kappa shape index (κ3) is 3.54. The van der Waals surface area contributed by atoms with E-state index >= 15 is 0 Å². The number of rotatable bonds is 3. The smallest absolute Gasteiger partial charge is 0.0815 e. The summed E-state index contributed by atoms with van der Waals surface area (Å²) in [5.74, 6) is 1.39. The van der Waals surface area contributed by atoms with Gasteiger partial charge in [0.1, 0.15) is 0 Å². The van der Waals surface area contributed by atoms with E-state index in [0.717, 1.165) is 63.5 Å². The van der Waals surface area contributed by atoms with Crippen LogP contribution < -0.4 is 0 Å². The first-order valence-electron chi connectivity index (χ1n) is 10.3. The molecule has 1 aromatic carbocycles. The van der Waals surface area contributed by atoms with Gasteiger partial charge >= 0.3 is 0 Å². The summed E-state index contributed by atoms with van der Waals surface area (Å²) >= 11 is 1.75. The summed E-state index contributed by atoms with van der Waals surface area (Å²) in [6.07, 6.45) is 1.99. The Morgan fingerprint density at radius 2 is 1.89 bits per heavy atom. The van der Waals surface area contributed by atoms with Crippen molar-refractivity contribution < 1.29 is 5.11 Å². The molecular weight excluding hydrogens is 356 g/mol. The van der Waals surface area contributed by atoms with E-state index in [0.29, 0.717) is 12.0 Å². The molecule has 0 radical (unpaired) electrons. The van der Waals surface area contributed by atoms with Gasteiger partial charge in [0.05, 0.1) is 21.8 Å². The van der Waals surface area contributed by atoms with Gasteiger partial charge in [0, 0.05) is 51.9 Å². The molecule has 2 aliphatic heterocycles. The molecule has 0 spiro atoms. The number of fused-ring (bicyclic) bond motifs is 2. The van der Waals surface area contributed by atoms with Crippen molar-refractivity contribution in [1.82, 2.24) is 19.7 Å². The second-order valence-electron chi connectivity index (χ2n) is 8.78. The fraction of sp³-hybridized carbons (Fsp3) is 0.667. The minimum atomic E-state index is -0.153. The summed E-state index contributed by atoms with van der Waals surface area (Å²) in [7, 11) is 2.20. The minimum absolute atomic E-state index is 0.153. The highest BCUT2D eigenvalue weighted by Crippen LogP contribution is 2.39. The molecule has 5 nitrogen and oxygen atoms in total. The first-order valence-corrected chi connectivity index (χ1v) is 11.2. The molecule has 4 atom stereocenters. The van der Waals surface area contributed by atoms with Crippen LogP contribution in [0.4, 0.5) is 0 Å². The van der Waals surface area contributed by atoms with Crippen molar-refractivity contribution in [1.29, 1.82) is 0 Å². The zero-order valence-electron chi connectivity index (χ0n) is 16.1. The lowest BCUT2D eigenvalue weighted by Gasteiger charge is -2.44. The van der Waals surface area contributed by atoms with Crippen LogP contribution in [0.3, 0.4) is 0 Å². The average molecular weight is 387 g/mol. The number of aliphatic hydroxyl groups excluding tert-OH is 1. The van der Waals surface area contributed by atoms with Crippen molar-refractivity contribution in [3.05, 3.63) is 29.3 Å². The van der Waals surface area contributed by atoms with Gasteiger partial charge in [-0.25, -0.2) is 4.98 Å². The second-order valence-corrected chi connectivity index (χ2v) is 9.63. The number of nitrogens with zero attached hydrogens (tertiary/aromatic N) is 4. The Morgan fingerprint density at radius 1 is 1.11 bits per heavy atom. The topological polar surface area (TPSA) is 42.8 Å². The molecule has 6 heteroatoms. The number of likely N-dealkylation sites (tertiary alicyclic amines) is 1. The van der Waals surface area contributed by atoms with E-state index in [4.69, 9.17) is 0 Å². The molecule has 3 heterocycles. The molecule has 1 saturated carbocycles. The first-order chi connectivity index (χ1) is 13.2. The molecule has 5 rings (SSSR count). The molecule has 3 aliphatic rings. The van der Waals surface area contributed by atoms with Gasteiger partial charge in [-0.1, -0.05) is 12.1 Å². The highest BCUT2D eigenvalue weighted by Gasteiger charge is 2.43. The number of hydrogen-bond acceptors (Lipinski definition) is 6. The van der Waals surface area contributed by atoms with Crippen LogP contribution in [0, 0.1) is 11.8 Å². The van der Waals surface area contributed by atoms with E-state index in [9.17, 15) is 5.11 Å². The van der Waals surface area contributed by atoms with Gasteiger partial charge < -0.3 is 10.0 Å². The number of aromatic nitrogens is 1. The lowest BCUT2D eigenvalue weighted by atomic mass is 9.77. The van der Waals surface area contributed by atoms with Crippen molar-refractivity contribution in [2.75, 3.05) is 46.3 Å². The number of thiazole rings is 1. The number of benzene rings is 1. The molecule has 0 bridgehead atoms. The van der Waals surface area contributed by atoms with Crippen molar-refractivity contribution >= 4 is 21.6 Å². The van der Waals surface area contributed by atoms with Gasteiger partial charge in [-0.3, -0.25) is 9.80 Å². The Hall–Kier alpha value is -1.05. The number of hydrogen-bond donors (Lipinski definition) is 1. The molecule has 27 heavy (non-hydrogen) atoms. The Kier molecular flexibility index (Phi) is 4.94. The normalized spacial score (nSPS) is 33.6. The fourth-order valence-electron chi connectivity index (χ4n) is 5.49. The van der Waals surface area contributed by atoms with Crippen molar-refractivity contribution in [2.24, 2.45) is 11.8 Å². The molecule has 1 aliphatic carbocycles. The van der Waals surface area contributed by atoms with E-state index in [1.807, 2.05) is 5.51 Å². The predicted molar refractivity (Wildman–Crippen MR) is 110 cm³/mol. The third-order valence-corrected chi connectivity index (χ3v) is 7.94. The maximum atomic E-state index is 10.8. The average Bonchev–Trinajstić information content (AvgIpc) is 3.28. The minimum Gasteiger partial charge on any atom is -0.391 e. The summed E-state index contributed by atoms with van der Waals surface area (Å²) in [5.41, 5.74) is 4.49. The van der Waals surface area contributed by atoms with E-state index in [2.05, 4.69) is 44.9 Å². The first kappa shape index (κ1) is 18.0. The molecule has 1 aromatic heterocycles. The van der Waals surface area contributed by atoms with Crippen LogP contribution in [-0.4, -0.2) is 83.3 Å². The summed E-state index contributed by atoms with van der Waals surface area (Å²) in [6.45, 7) is 7.79. The zero-order chi connectivity index (χ0) is 18.4. The third-order valence-electron chi connectivity index (χ3n) is 7.02. The summed E-state index contributed by atoms with van der Waals surface area (Å²) in [6, 6.07) is 6.86. The number of aliphatic hydroxyl groups is 1. The maximum absolute atomic E-state index is 10.8. The van der Waals surface area contributed by atoms with Crippen molar-refractivity contribution in [3.8, 4) is 0 Å². The maximum Gasteiger partial charge on any atom is 0.0815 e. The van der Waals surface area contributed by atoms with Crippen molar-refractivity contribution in [2.45, 2.75) is 31.5 Å². The summed E-state index contributed by atoms with van der Waals surface area (Å²) in [5, 5.41) is 10.8. The van der Waals surface area contributed by atoms with Gasteiger partial charge in [-0.05, 0) is 43.4 Å². The number of likely N-dealkylation sites (N-methyl/N-ethyl adjacent to an activating group) is 1. The molecule has 1 N–H and O–H groups in total. The van der Waals surface area contributed by atoms with Crippen molar-refractivity contribution in [3.63, 3.8) is 0 Å². The van der Waals surface area contributed by atoms with Gasteiger partial charge in [0.25, 0.3) is 0 Å². The molecule has 0 unspecified atom stereocenters. The van der Waals surface area contributed by atoms with Crippen LogP contribution >= 0.6 is 11.3 Å². The largest absolute Gasteiger partial charge is 0.391 e. The van der Waals surface area contributed by atoms with Gasteiger partial charge in [-0.2, -0.15) is 0 Å². The van der Waals surface area contributed by atoms with Crippen LogP contribution in [0.25, 0.3) is 10.2 Å². The van der Waals surface area contributed by atoms with Gasteiger partial charge in [0.2, 0.25) is 0 Å². The molecular formula is C21H30N4OS. The Morgan fingerprint density at radius 3 is 2.70 bits per heavy atom. The van der Waals surface area contributed by atoms with Crippen LogP contribution in [0.1, 0.15) is 18.4 Å². The molecule has 3 fully saturated rings. The second kappa shape index (κ2) is 7.41. The molecule has 2 aromatic rings. The standard InChI is InChI=1S/C21H30N4OS/c1-23-5-7-25(8-6-23)19-9-16-12-24(13-17(16)10-20(19)26)11-15-3-2-4-18-21(15)27-14-22-18/h2-4,14,16-17,19-20,26H,5-13H2,1H3/t16-,17+,19-,20-/m1/s1.